The number of fused-ring (bicyclic) bond motifs is 1. The number of hydrogen-bond donors (Lipinski definition) is 0. The van der Waals surface area contributed by atoms with Gasteiger partial charge in [-0.25, -0.2) is 0 Å². The van der Waals surface area contributed by atoms with Crippen LogP contribution in [-0.4, -0.2) is 0 Å². The van der Waals surface area contributed by atoms with Gasteiger partial charge in [-0.15, -0.1) is 0 Å². The summed E-state index contributed by atoms with van der Waals surface area (Å²) in [6.45, 7) is 0.462. The molecule has 0 saturated carbocycles. The fourth-order valence-corrected chi connectivity index (χ4v) is 2.47. The molecule has 3 rings (SSSR count). The number of halogens is 1. The molecule has 0 bridgehead atoms. The van der Waals surface area contributed by atoms with E-state index in [-0.39, 0.29) is 0 Å². The van der Waals surface area contributed by atoms with Gasteiger partial charge in [0.2, 0.25) is 0 Å². The number of rotatable bonds is 3. The van der Waals surface area contributed by atoms with Crippen LogP contribution in [-0.2, 0) is 6.61 Å². The van der Waals surface area contributed by atoms with Crippen LogP contribution in [0.15, 0.2) is 60.7 Å². The van der Waals surface area contributed by atoms with Crippen LogP contribution < -0.4 is 4.74 Å². The van der Waals surface area contributed by atoms with Crippen molar-refractivity contribution >= 4 is 22.4 Å². The van der Waals surface area contributed by atoms with Crippen molar-refractivity contribution < 1.29 is 4.74 Å². The Kier molecular flexibility index (Phi) is 3.77. The molecule has 102 valence electrons. The fraction of sp³-hybridized carbons (Fsp3) is 0.0556. The van der Waals surface area contributed by atoms with E-state index in [4.69, 9.17) is 21.6 Å². The molecule has 0 saturated heterocycles. The highest BCUT2D eigenvalue weighted by molar-refractivity contribution is 6.31. The molecule has 0 atom stereocenters. The Morgan fingerprint density at radius 3 is 2.62 bits per heavy atom. The van der Waals surface area contributed by atoms with Gasteiger partial charge >= 0.3 is 0 Å². The molecule has 0 aliphatic rings. The van der Waals surface area contributed by atoms with Gasteiger partial charge in [-0.05, 0) is 28.5 Å². The molecule has 0 spiro atoms. The second-order valence-electron chi connectivity index (χ2n) is 4.68. The largest absolute Gasteiger partial charge is 0.489 e. The first-order valence-corrected chi connectivity index (χ1v) is 6.95. The molecule has 0 unspecified atom stereocenters. The lowest BCUT2D eigenvalue weighted by Crippen LogP contribution is -1.96. The molecule has 2 nitrogen and oxygen atoms in total. The van der Waals surface area contributed by atoms with E-state index in [1.165, 1.54) is 10.8 Å². The monoisotopic (exact) mass is 293 g/mol. The second-order valence-corrected chi connectivity index (χ2v) is 5.09. The van der Waals surface area contributed by atoms with Crippen molar-refractivity contribution in [1.82, 2.24) is 0 Å². The SMILES string of the molecule is N#Cc1ccc(OCc2cccc3ccccc23)cc1Cl. The van der Waals surface area contributed by atoms with Gasteiger partial charge in [-0.2, -0.15) is 5.26 Å². The third kappa shape index (κ3) is 2.84. The molecule has 0 N–H and O–H groups in total. The Morgan fingerprint density at radius 1 is 1.00 bits per heavy atom. The van der Waals surface area contributed by atoms with Gasteiger partial charge in [-0.3, -0.25) is 0 Å². The molecule has 0 aliphatic carbocycles. The molecule has 0 radical (unpaired) electrons. The predicted octanol–water partition coefficient (Wildman–Crippen LogP) is 4.94. The van der Waals surface area contributed by atoms with Crippen LogP contribution in [0.1, 0.15) is 11.1 Å². The quantitative estimate of drug-likeness (QED) is 0.685. The molecular formula is C18H12ClNO. The predicted molar refractivity (Wildman–Crippen MR) is 84.4 cm³/mol. The average Bonchev–Trinajstić information content (AvgIpc) is 2.53. The highest BCUT2D eigenvalue weighted by atomic mass is 35.5. The molecule has 21 heavy (non-hydrogen) atoms. The Hall–Kier alpha value is -2.50. The summed E-state index contributed by atoms with van der Waals surface area (Å²) >= 11 is 6.00. The molecular weight excluding hydrogens is 282 g/mol. The molecule has 0 amide bonds. The summed E-state index contributed by atoms with van der Waals surface area (Å²) in [4.78, 5) is 0. The number of nitriles is 1. The normalized spacial score (nSPS) is 10.3. The van der Waals surface area contributed by atoms with Gasteiger partial charge in [0.1, 0.15) is 18.4 Å². The smallest absolute Gasteiger partial charge is 0.121 e. The van der Waals surface area contributed by atoms with Crippen LogP contribution in [0.25, 0.3) is 10.8 Å². The number of hydrogen-bond acceptors (Lipinski definition) is 2. The van der Waals surface area contributed by atoms with E-state index in [9.17, 15) is 0 Å². The minimum Gasteiger partial charge on any atom is -0.489 e. The zero-order chi connectivity index (χ0) is 14.7. The van der Waals surface area contributed by atoms with E-state index >= 15 is 0 Å². The Morgan fingerprint density at radius 2 is 1.81 bits per heavy atom. The van der Waals surface area contributed by atoms with Crippen molar-refractivity contribution in [3.8, 4) is 11.8 Å². The third-order valence-electron chi connectivity index (χ3n) is 3.34. The van der Waals surface area contributed by atoms with Crippen molar-refractivity contribution in [2.45, 2.75) is 6.61 Å². The third-order valence-corrected chi connectivity index (χ3v) is 3.65. The van der Waals surface area contributed by atoms with Crippen molar-refractivity contribution in [1.29, 1.82) is 5.26 Å². The summed E-state index contributed by atoms with van der Waals surface area (Å²) in [7, 11) is 0. The van der Waals surface area contributed by atoms with Crippen molar-refractivity contribution in [2.24, 2.45) is 0 Å². The summed E-state index contributed by atoms with van der Waals surface area (Å²) in [5.41, 5.74) is 1.57. The van der Waals surface area contributed by atoms with Crippen molar-refractivity contribution in [2.75, 3.05) is 0 Å². The van der Waals surface area contributed by atoms with E-state index in [0.717, 1.165) is 5.56 Å². The Bertz CT molecular complexity index is 831. The van der Waals surface area contributed by atoms with Crippen LogP contribution in [0, 0.1) is 11.3 Å². The minimum atomic E-state index is 0.410. The number of ether oxygens (including phenoxy) is 1. The second kappa shape index (κ2) is 5.87. The highest BCUT2D eigenvalue weighted by Gasteiger charge is 2.04. The van der Waals surface area contributed by atoms with E-state index in [0.29, 0.717) is 22.9 Å². The van der Waals surface area contributed by atoms with Crippen LogP contribution in [0.3, 0.4) is 0 Å². The topological polar surface area (TPSA) is 33.0 Å². The maximum Gasteiger partial charge on any atom is 0.121 e. The molecule has 0 heterocycles. The van der Waals surface area contributed by atoms with Gasteiger partial charge in [0.05, 0.1) is 10.6 Å². The summed E-state index contributed by atoms with van der Waals surface area (Å²) in [6, 6.07) is 21.5. The van der Waals surface area contributed by atoms with Crippen LogP contribution >= 0.6 is 11.6 Å². The van der Waals surface area contributed by atoms with E-state index < -0.39 is 0 Å². The molecule has 3 heteroatoms. The standard InChI is InChI=1S/C18H12ClNO/c19-18-10-16(9-8-14(18)11-20)21-12-15-6-3-5-13-4-1-2-7-17(13)15/h1-10H,12H2. The molecule has 0 aromatic heterocycles. The van der Waals surface area contributed by atoms with Gasteiger partial charge < -0.3 is 4.74 Å². The van der Waals surface area contributed by atoms with Crippen LogP contribution in [0.2, 0.25) is 5.02 Å². The highest BCUT2D eigenvalue weighted by Crippen LogP contribution is 2.24. The Labute approximate surface area is 128 Å². The zero-order valence-electron chi connectivity index (χ0n) is 11.2. The van der Waals surface area contributed by atoms with E-state index in [1.54, 1.807) is 18.2 Å². The lowest BCUT2D eigenvalue weighted by Gasteiger charge is -2.09. The zero-order valence-corrected chi connectivity index (χ0v) is 12.0. The van der Waals surface area contributed by atoms with Gasteiger partial charge in [0, 0.05) is 6.07 Å². The van der Waals surface area contributed by atoms with E-state index in [2.05, 4.69) is 18.2 Å². The lowest BCUT2D eigenvalue weighted by atomic mass is 10.1. The minimum absolute atomic E-state index is 0.410. The summed E-state index contributed by atoms with van der Waals surface area (Å²) in [5, 5.41) is 11.6. The first-order chi connectivity index (χ1) is 10.3. The Balaban J connectivity index is 1.84. The summed E-state index contributed by atoms with van der Waals surface area (Å²) < 4.78 is 5.79. The molecule has 3 aromatic carbocycles. The van der Waals surface area contributed by atoms with Crippen LogP contribution in [0.4, 0.5) is 0 Å². The van der Waals surface area contributed by atoms with E-state index in [1.807, 2.05) is 30.3 Å². The molecule has 3 aromatic rings. The maximum absolute atomic E-state index is 8.86. The first kappa shape index (κ1) is 13.5. The lowest BCUT2D eigenvalue weighted by molar-refractivity contribution is 0.307. The first-order valence-electron chi connectivity index (χ1n) is 6.57. The summed E-state index contributed by atoms with van der Waals surface area (Å²) in [6.07, 6.45) is 0. The van der Waals surface area contributed by atoms with Crippen LogP contribution in [0.5, 0.6) is 5.75 Å². The molecule has 0 fully saturated rings. The number of nitrogens with zero attached hydrogens (tertiary/aromatic N) is 1. The maximum atomic E-state index is 8.86. The summed E-state index contributed by atoms with van der Waals surface area (Å²) in [5.74, 6) is 0.659. The van der Waals surface area contributed by atoms with Gasteiger partial charge in [-0.1, -0.05) is 54.1 Å². The van der Waals surface area contributed by atoms with Crippen molar-refractivity contribution in [3.05, 3.63) is 76.8 Å². The average molecular weight is 294 g/mol. The molecule has 0 aliphatic heterocycles. The number of benzene rings is 3. The van der Waals surface area contributed by atoms with Crippen molar-refractivity contribution in [3.63, 3.8) is 0 Å². The van der Waals surface area contributed by atoms with Gasteiger partial charge in [0.25, 0.3) is 0 Å². The van der Waals surface area contributed by atoms with Gasteiger partial charge in [0.15, 0.2) is 0 Å². The fourth-order valence-electron chi connectivity index (χ4n) is 2.26.